The molecule has 0 saturated carbocycles. The number of nitriles is 1. The minimum Gasteiger partial charge on any atom is -0.292 e. The van der Waals surface area contributed by atoms with Crippen molar-refractivity contribution in [2.75, 3.05) is 0 Å². The third-order valence-electron chi connectivity index (χ3n) is 2.59. The first-order valence-electron chi connectivity index (χ1n) is 5.44. The van der Waals surface area contributed by atoms with Crippen molar-refractivity contribution in [3.05, 3.63) is 63.3 Å². The van der Waals surface area contributed by atoms with Crippen molar-refractivity contribution in [3.8, 4) is 6.07 Å². The molecule has 0 spiro atoms. The van der Waals surface area contributed by atoms with E-state index in [0.29, 0.717) is 20.8 Å². The zero-order chi connectivity index (χ0) is 13.8. The summed E-state index contributed by atoms with van der Waals surface area (Å²) in [6.45, 7) is 0. The number of hydrogen-bond acceptors (Lipinski definition) is 3. The first-order valence-corrected chi connectivity index (χ1v) is 6.61. The largest absolute Gasteiger partial charge is 0.292 e. The number of benzene rings is 1. The van der Waals surface area contributed by atoms with Crippen molar-refractivity contribution in [1.29, 1.82) is 5.26 Å². The maximum absolute atomic E-state index is 12.4. The molecule has 0 aliphatic heterocycles. The number of hydrogen-bond donors (Lipinski definition) is 0. The van der Waals surface area contributed by atoms with Crippen LogP contribution in [-0.4, -0.2) is 10.8 Å². The van der Waals surface area contributed by atoms with Crippen LogP contribution in [-0.2, 0) is 0 Å². The van der Waals surface area contributed by atoms with Crippen LogP contribution >= 0.6 is 27.5 Å². The van der Waals surface area contributed by atoms with Crippen LogP contribution in [0.1, 0.15) is 22.0 Å². The van der Waals surface area contributed by atoms with Crippen molar-refractivity contribution in [2.24, 2.45) is 0 Å². The van der Waals surface area contributed by atoms with Gasteiger partial charge in [0.15, 0.2) is 11.7 Å². The van der Waals surface area contributed by atoms with Crippen LogP contribution < -0.4 is 0 Å². The second kappa shape index (κ2) is 5.96. The van der Waals surface area contributed by atoms with E-state index in [1.807, 2.05) is 6.07 Å². The van der Waals surface area contributed by atoms with Crippen molar-refractivity contribution < 1.29 is 4.79 Å². The first-order chi connectivity index (χ1) is 9.15. The Morgan fingerprint density at radius 3 is 2.74 bits per heavy atom. The molecule has 0 fully saturated rings. The summed E-state index contributed by atoms with van der Waals surface area (Å²) in [6.07, 6.45) is 1.55. The lowest BCUT2D eigenvalue weighted by Gasteiger charge is -2.09. The number of halogens is 2. The van der Waals surface area contributed by atoms with Gasteiger partial charge in [-0.1, -0.05) is 23.7 Å². The van der Waals surface area contributed by atoms with Crippen molar-refractivity contribution in [2.45, 2.75) is 5.92 Å². The number of carbonyl (C=O) groups is 1. The number of aromatic nitrogens is 1. The zero-order valence-corrected chi connectivity index (χ0v) is 12.0. The number of Topliss-reactive ketones (excluding diaryl/α,β-unsaturated/α-hetero) is 1. The highest BCUT2D eigenvalue weighted by Crippen LogP contribution is 2.29. The molecular weight excluding hydrogens is 328 g/mol. The fraction of sp³-hybridized carbons (Fsp3) is 0.0714. The van der Waals surface area contributed by atoms with Gasteiger partial charge in [-0.25, -0.2) is 0 Å². The summed E-state index contributed by atoms with van der Waals surface area (Å²) >= 11 is 9.34. The van der Waals surface area contributed by atoms with E-state index >= 15 is 0 Å². The molecule has 5 heteroatoms. The molecule has 0 N–H and O–H groups in total. The number of carbonyl (C=O) groups excluding carboxylic acids is 1. The van der Waals surface area contributed by atoms with E-state index in [1.165, 1.54) is 0 Å². The summed E-state index contributed by atoms with van der Waals surface area (Å²) in [5.41, 5.74) is 0.735. The van der Waals surface area contributed by atoms with Gasteiger partial charge in [0.1, 0.15) is 0 Å². The lowest BCUT2D eigenvalue weighted by Crippen LogP contribution is -2.13. The third kappa shape index (κ3) is 2.83. The lowest BCUT2D eigenvalue weighted by atomic mass is 9.95. The molecule has 0 amide bonds. The number of ketones is 1. The molecular formula is C14H8BrClN2O. The Bertz CT molecular complexity index is 652. The fourth-order valence-corrected chi connectivity index (χ4v) is 2.24. The van der Waals surface area contributed by atoms with E-state index < -0.39 is 5.92 Å². The molecule has 94 valence electrons. The summed E-state index contributed by atoms with van der Waals surface area (Å²) in [4.78, 5) is 16.4. The van der Waals surface area contributed by atoms with Gasteiger partial charge in [0.25, 0.3) is 0 Å². The van der Waals surface area contributed by atoms with Gasteiger partial charge in [0.2, 0.25) is 0 Å². The Balaban J connectivity index is 2.43. The molecule has 0 aliphatic rings. The van der Waals surface area contributed by atoms with E-state index in [9.17, 15) is 10.1 Å². The average Bonchev–Trinajstić information content (AvgIpc) is 2.44. The Morgan fingerprint density at radius 1 is 1.32 bits per heavy atom. The molecule has 1 unspecified atom stereocenters. The van der Waals surface area contributed by atoms with Crippen LogP contribution in [0.5, 0.6) is 0 Å². The Morgan fingerprint density at radius 2 is 2.11 bits per heavy atom. The molecule has 1 aromatic heterocycles. The van der Waals surface area contributed by atoms with Crippen LogP contribution in [0.2, 0.25) is 5.02 Å². The molecule has 1 atom stereocenters. The van der Waals surface area contributed by atoms with Crippen molar-refractivity contribution >= 4 is 33.3 Å². The monoisotopic (exact) mass is 334 g/mol. The predicted octanol–water partition coefficient (Wildman–Crippen LogP) is 3.99. The first kappa shape index (κ1) is 13.7. The Kier molecular flexibility index (Phi) is 4.31. The average molecular weight is 336 g/mol. The van der Waals surface area contributed by atoms with E-state index in [-0.39, 0.29) is 5.78 Å². The fourth-order valence-electron chi connectivity index (χ4n) is 1.66. The maximum Gasteiger partial charge on any atom is 0.187 e. The molecule has 2 aromatic rings. The molecule has 3 nitrogen and oxygen atoms in total. The van der Waals surface area contributed by atoms with Crippen LogP contribution in [0.4, 0.5) is 0 Å². The van der Waals surface area contributed by atoms with E-state index in [0.717, 1.165) is 0 Å². The van der Waals surface area contributed by atoms with Crippen molar-refractivity contribution in [1.82, 2.24) is 4.98 Å². The van der Waals surface area contributed by atoms with Crippen LogP contribution in [0.3, 0.4) is 0 Å². The summed E-state index contributed by atoms with van der Waals surface area (Å²) in [6, 6.07) is 12.1. The zero-order valence-electron chi connectivity index (χ0n) is 9.68. The smallest absolute Gasteiger partial charge is 0.187 e. The summed E-state index contributed by atoms with van der Waals surface area (Å²) in [5.74, 6) is -1.31. The van der Waals surface area contributed by atoms with Gasteiger partial charge < -0.3 is 0 Å². The molecule has 0 aliphatic carbocycles. The number of nitrogens with zero attached hydrogens (tertiary/aromatic N) is 2. The number of rotatable bonds is 3. The molecule has 0 radical (unpaired) electrons. The van der Waals surface area contributed by atoms with Gasteiger partial charge in [-0.05, 0) is 40.2 Å². The normalized spacial score (nSPS) is 11.6. The second-order valence-corrected chi connectivity index (χ2v) is 5.01. The Labute approximate surface area is 124 Å². The third-order valence-corrected chi connectivity index (χ3v) is 3.89. The second-order valence-electron chi connectivity index (χ2n) is 3.78. The van der Waals surface area contributed by atoms with Crippen LogP contribution in [0, 0.1) is 11.3 Å². The van der Waals surface area contributed by atoms with Gasteiger partial charge in [0.05, 0.1) is 16.8 Å². The van der Waals surface area contributed by atoms with E-state index in [2.05, 4.69) is 20.9 Å². The van der Waals surface area contributed by atoms with Gasteiger partial charge in [-0.2, -0.15) is 5.26 Å². The highest BCUT2D eigenvalue weighted by molar-refractivity contribution is 9.10. The SMILES string of the molecule is N#CC(C(=O)c1cccc(Br)c1Cl)c1ccccn1. The standard InChI is InChI=1S/C14H8BrClN2O/c15-11-5-3-4-9(13(11)16)14(19)10(8-17)12-6-1-2-7-18-12/h1-7,10H. The van der Waals surface area contributed by atoms with Crippen LogP contribution in [0.25, 0.3) is 0 Å². The molecule has 0 saturated heterocycles. The summed E-state index contributed by atoms with van der Waals surface area (Å²) < 4.78 is 0.623. The highest BCUT2D eigenvalue weighted by Gasteiger charge is 2.25. The quantitative estimate of drug-likeness (QED) is 0.797. The maximum atomic E-state index is 12.4. The van der Waals surface area contributed by atoms with E-state index in [1.54, 1.807) is 42.6 Å². The molecule has 0 bridgehead atoms. The molecule has 1 heterocycles. The summed E-state index contributed by atoms with van der Waals surface area (Å²) in [5, 5.41) is 9.51. The van der Waals surface area contributed by atoms with Crippen LogP contribution in [0.15, 0.2) is 47.1 Å². The lowest BCUT2D eigenvalue weighted by molar-refractivity contribution is 0.0977. The minimum absolute atomic E-state index is 0.309. The summed E-state index contributed by atoms with van der Waals surface area (Å²) in [7, 11) is 0. The number of pyridine rings is 1. The minimum atomic E-state index is -0.951. The van der Waals surface area contributed by atoms with Gasteiger partial charge in [0, 0.05) is 16.2 Å². The molecule has 1 aromatic carbocycles. The topological polar surface area (TPSA) is 53.8 Å². The van der Waals surface area contributed by atoms with Gasteiger partial charge in [-0.3, -0.25) is 9.78 Å². The molecule has 2 rings (SSSR count). The van der Waals surface area contributed by atoms with Gasteiger partial charge in [-0.15, -0.1) is 0 Å². The highest BCUT2D eigenvalue weighted by atomic mass is 79.9. The van der Waals surface area contributed by atoms with Gasteiger partial charge >= 0.3 is 0 Å². The van der Waals surface area contributed by atoms with Crippen molar-refractivity contribution in [3.63, 3.8) is 0 Å². The predicted molar refractivity (Wildman–Crippen MR) is 76.1 cm³/mol. The molecule has 19 heavy (non-hydrogen) atoms. The Hall–Kier alpha value is -1.70. The van der Waals surface area contributed by atoms with E-state index in [4.69, 9.17) is 11.6 Å².